The highest BCUT2D eigenvalue weighted by Crippen LogP contribution is 2.67. The lowest BCUT2D eigenvalue weighted by molar-refractivity contribution is -0.122. The third-order valence-electron chi connectivity index (χ3n) is 13.3. The zero-order valence-corrected chi connectivity index (χ0v) is 32.5. The topological polar surface area (TPSA) is 114 Å². The molecular weight excluding hydrogens is 612 g/mol. The van der Waals surface area contributed by atoms with Crippen molar-refractivity contribution in [3.63, 3.8) is 0 Å². The van der Waals surface area contributed by atoms with Crippen LogP contribution in [0.4, 0.5) is 4.79 Å². The molecule has 0 saturated heterocycles. The first-order valence-corrected chi connectivity index (χ1v) is 20.0. The van der Waals surface area contributed by atoms with E-state index in [1.807, 2.05) is 25.7 Å². The Hall–Kier alpha value is -2.09. The molecule has 5 unspecified atom stereocenters. The van der Waals surface area contributed by atoms with Gasteiger partial charge in [-0.2, -0.15) is 0 Å². The fourth-order valence-corrected chi connectivity index (χ4v) is 10.8. The molecule has 4 rings (SSSR count). The number of nitrogens with zero attached hydrogens (tertiary/aromatic N) is 1. The minimum absolute atomic E-state index is 0.107. The number of allylic oxidation sites excluding steroid dienone is 1. The molecule has 4 aliphatic carbocycles. The first kappa shape index (κ1) is 39.7. The number of nitrogens with two attached hydrogens (primary N) is 1. The van der Waals surface area contributed by atoms with Gasteiger partial charge in [0.05, 0.1) is 0 Å². The van der Waals surface area contributed by atoms with Crippen molar-refractivity contribution in [2.75, 3.05) is 26.2 Å². The summed E-state index contributed by atoms with van der Waals surface area (Å²) in [5.74, 6) is 4.63. The lowest BCUT2D eigenvalue weighted by Crippen LogP contribution is -2.53. The molecule has 0 aliphatic heterocycles. The van der Waals surface area contributed by atoms with Crippen LogP contribution in [-0.2, 0) is 14.3 Å². The summed E-state index contributed by atoms with van der Waals surface area (Å²) in [5, 5.41) is 5.68. The monoisotopic (exact) mass is 685 g/mol. The van der Waals surface area contributed by atoms with E-state index in [1.165, 1.54) is 51.4 Å². The minimum atomic E-state index is -0.571. The number of fused-ring (bicyclic) bond motifs is 5. The van der Waals surface area contributed by atoms with Crippen LogP contribution in [0.5, 0.6) is 0 Å². The Morgan fingerprint density at radius 3 is 2.35 bits per heavy atom. The third-order valence-corrected chi connectivity index (χ3v) is 13.3. The second-order valence-corrected chi connectivity index (χ2v) is 18.2. The number of amides is 3. The van der Waals surface area contributed by atoms with Gasteiger partial charge in [0.2, 0.25) is 11.8 Å². The maximum atomic E-state index is 13.6. The molecule has 0 aromatic heterocycles. The smallest absolute Gasteiger partial charge is 0.410 e. The maximum absolute atomic E-state index is 13.6. The Balaban J connectivity index is 1.37. The molecule has 3 saturated carbocycles. The van der Waals surface area contributed by atoms with E-state index in [-0.39, 0.29) is 42.2 Å². The fraction of sp³-hybridized carbons (Fsp3) is 0.878. The van der Waals surface area contributed by atoms with Gasteiger partial charge in [-0.15, -0.1) is 0 Å². The van der Waals surface area contributed by atoms with Crippen molar-refractivity contribution in [1.29, 1.82) is 0 Å². The van der Waals surface area contributed by atoms with Crippen LogP contribution in [0.1, 0.15) is 145 Å². The van der Waals surface area contributed by atoms with Crippen LogP contribution in [0.15, 0.2) is 11.6 Å². The zero-order valence-electron chi connectivity index (χ0n) is 32.5. The van der Waals surface area contributed by atoms with Gasteiger partial charge in [-0.3, -0.25) is 9.59 Å². The van der Waals surface area contributed by atoms with Crippen LogP contribution in [0.25, 0.3) is 0 Å². The van der Waals surface area contributed by atoms with Crippen molar-refractivity contribution >= 4 is 17.9 Å². The molecule has 8 nitrogen and oxygen atoms in total. The summed E-state index contributed by atoms with van der Waals surface area (Å²) in [6.45, 7) is 19.9. The van der Waals surface area contributed by atoms with E-state index in [4.69, 9.17) is 10.5 Å². The van der Waals surface area contributed by atoms with Gasteiger partial charge in [-0.25, -0.2) is 4.79 Å². The van der Waals surface area contributed by atoms with Gasteiger partial charge in [0.25, 0.3) is 0 Å². The first-order valence-electron chi connectivity index (χ1n) is 20.0. The molecule has 0 radical (unpaired) electrons. The van der Waals surface area contributed by atoms with Gasteiger partial charge in [0.15, 0.2) is 0 Å². The van der Waals surface area contributed by atoms with Crippen molar-refractivity contribution in [2.24, 2.45) is 52.1 Å². The average Bonchev–Trinajstić information content (AvgIpc) is 3.37. The summed E-state index contributed by atoms with van der Waals surface area (Å²) in [7, 11) is 0. The van der Waals surface area contributed by atoms with E-state index in [1.54, 1.807) is 5.57 Å². The van der Waals surface area contributed by atoms with Crippen LogP contribution in [0.2, 0.25) is 0 Å². The van der Waals surface area contributed by atoms with E-state index in [2.05, 4.69) is 51.3 Å². The van der Waals surface area contributed by atoms with Crippen molar-refractivity contribution in [3.05, 3.63) is 11.6 Å². The maximum Gasteiger partial charge on any atom is 0.410 e. The Morgan fingerprint density at radius 2 is 1.65 bits per heavy atom. The Bertz CT molecular complexity index is 1160. The van der Waals surface area contributed by atoms with Crippen LogP contribution < -0.4 is 16.4 Å². The number of rotatable bonds is 15. The van der Waals surface area contributed by atoms with E-state index < -0.39 is 5.60 Å². The van der Waals surface area contributed by atoms with Crippen LogP contribution >= 0.6 is 0 Å². The van der Waals surface area contributed by atoms with Crippen LogP contribution in [0, 0.1) is 46.3 Å². The summed E-state index contributed by atoms with van der Waals surface area (Å²) in [6, 6.07) is 0.107. The van der Waals surface area contributed by atoms with Crippen molar-refractivity contribution in [3.8, 4) is 0 Å². The number of hydrogen-bond acceptors (Lipinski definition) is 5. The van der Waals surface area contributed by atoms with Gasteiger partial charge < -0.3 is 26.0 Å². The average molecular weight is 685 g/mol. The van der Waals surface area contributed by atoms with Gasteiger partial charge in [0, 0.05) is 45.1 Å². The summed E-state index contributed by atoms with van der Waals surface area (Å²) in [6.07, 6.45) is 17.4. The van der Waals surface area contributed by atoms with Crippen molar-refractivity contribution in [2.45, 2.75) is 157 Å². The van der Waals surface area contributed by atoms with Gasteiger partial charge >= 0.3 is 6.09 Å². The number of nitrogens with one attached hydrogen (secondary N) is 2. The molecule has 0 aromatic rings. The summed E-state index contributed by atoms with van der Waals surface area (Å²) >= 11 is 0. The third kappa shape index (κ3) is 9.83. The second-order valence-electron chi connectivity index (χ2n) is 18.2. The van der Waals surface area contributed by atoms with Gasteiger partial charge in [-0.05, 0) is 125 Å². The lowest BCUT2D eigenvalue weighted by atomic mass is 9.46. The molecular formula is C41H72N4O4. The molecule has 0 spiro atoms. The summed E-state index contributed by atoms with van der Waals surface area (Å²) in [4.78, 5) is 39.5. The molecule has 8 heteroatoms. The highest BCUT2D eigenvalue weighted by atomic mass is 16.6. The Kier molecular flexibility index (Phi) is 13.7. The molecule has 49 heavy (non-hydrogen) atoms. The van der Waals surface area contributed by atoms with E-state index in [0.717, 1.165) is 54.8 Å². The quantitative estimate of drug-likeness (QED) is 0.120. The molecule has 8 atom stereocenters. The van der Waals surface area contributed by atoms with Crippen LogP contribution in [-0.4, -0.2) is 60.6 Å². The molecule has 3 fully saturated rings. The van der Waals surface area contributed by atoms with Crippen molar-refractivity contribution < 1.29 is 19.1 Å². The normalized spacial score (nSPS) is 31.6. The summed E-state index contributed by atoms with van der Waals surface area (Å²) < 4.78 is 5.93. The van der Waals surface area contributed by atoms with E-state index in [9.17, 15) is 14.4 Å². The largest absolute Gasteiger partial charge is 0.444 e. The predicted octanol–water partition coefficient (Wildman–Crippen LogP) is 7.99. The molecule has 4 aliphatic rings. The van der Waals surface area contributed by atoms with Gasteiger partial charge in [0.1, 0.15) is 5.60 Å². The highest BCUT2D eigenvalue weighted by Gasteiger charge is 2.59. The molecule has 0 aromatic carbocycles. The predicted molar refractivity (Wildman–Crippen MR) is 199 cm³/mol. The highest BCUT2D eigenvalue weighted by molar-refractivity contribution is 5.79. The Labute approximate surface area is 298 Å². The minimum Gasteiger partial charge on any atom is -0.444 e. The standard InChI is InChI=1S/C41H72N4O4/c1-28(2)11-9-12-29(3)33-15-16-34-32-14-13-30-27-31(17-21-40(30,7)35(32)18-22-41(33,34)8)45(38(48)49-39(4,5)6)26-10-24-43-37(47)20-25-44-36(46)19-23-42/h13,28-29,31-35H,9-12,14-27,42H2,1-8H3,(H,43,47)(H,44,46)/t29-,31+,32-,33?,34?,35?,40?,41?/m1/s1. The number of ether oxygens (including phenoxy) is 1. The zero-order chi connectivity index (χ0) is 36.0. The number of carbonyl (C=O) groups is 3. The second kappa shape index (κ2) is 17.0. The molecule has 0 bridgehead atoms. The van der Waals surface area contributed by atoms with Crippen LogP contribution in [0.3, 0.4) is 0 Å². The van der Waals surface area contributed by atoms with Crippen molar-refractivity contribution in [1.82, 2.24) is 15.5 Å². The number of carbonyl (C=O) groups excluding carboxylic acids is 3. The van der Waals surface area contributed by atoms with E-state index >= 15 is 0 Å². The lowest BCUT2D eigenvalue weighted by Gasteiger charge is -2.59. The molecule has 4 N–H and O–H groups in total. The SMILES string of the molecule is CC(C)CCC[C@@H](C)C1CCC2[C@H]3CC=C4C[C@@H](N(CCCNC(=O)CCNC(=O)CCN)C(=O)OC(C)(C)C)CCC4(C)C3CCC21C. The van der Waals surface area contributed by atoms with Gasteiger partial charge in [-0.1, -0.05) is 65.5 Å². The molecule has 0 heterocycles. The fourth-order valence-electron chi connectivity index (χ4n) is 10.8. The molecule has 280 valence electrons. The first-order chi connectivity index (χ1) is 23.1. The number of hydrogen-bond donors (Lipinski definition) is 3. The summed E-state index contributed by atoms with van der Waals surface area (Å²) in [5.41, 5.74) is 7.11. The van der Waals surface area contributed by atoms with E-state index in [0.29, 0.717) is 38.0 Å². The Morgan fingerprint density at radius 1 is 0.939 bits per heavy atom. The molecule has 3 amide bonds.